The van der Waals surface area contributed by atoms with Gasteiger partial charge in [-0.1, -0.05) is 54.6 Å². The summed E-state index contributed by atoms with van der Waals surface area (Å²) < 4.78 is 1.82. The summed E-state index contributed by atoms with van der Waals surface area (Å²) in [5, 5.41) is 8.21. The van der Waals surface area contributed by atoms with Crippen LogP contribution in [-0.4, -0.2) is 25.6 Å². The largest absolute Gasteiger partial charge is 0.367 e. The van der Waals surface area contributed by atoms with Crippen molar-refractivity contribution in [3.8, 4) is 22.4 Å². The van der Waals surface area contributed by atoms with Gasteiger partial charge >= 0.3 is 0 Å². The molecule has 0 aliphatic heterocycles. The predicted molar refractivity (Wildman–Crippen MR) is 125 cm³/mol. The molecule has 2 heterocycles. The van der Waals surface area contributed by atoms with Crippen molar-refractivity contribution in [2.24, 2.45) is 5.73 Å². The Balaban J connectivity index is 1.75. The van der Waals surface area contributed by atoms with E-state index in [4.69, 9.17) is 10.7 Å². The molecule has 0 atom stereocenters. The van der Waals surface area contributed by atoms with Gasteiger partial charge in [0.05, 0.1) is 11.3 Å². The molecular weight excluding hydrogens is 384 g/mol. The summed E-state index contributed by atoms with van der Waals surface area (Å²) in [6.45, 7) is 6.14. The number of benzene rings is 2. The fraction of sp³-hybridized carbons (Fsp3) is 0.320. The van der Waals surface area contributed by atoms with Crippen molar-refractivity contribution in [2.75, 3.05) is 5.32 Å². The molecule has 6 heteroatoms. The predicted octanol–water partition coefficient (Wildman–Crippen LogP) is 4.92. The van der Waals surface area contributed by atoms with E-state index in [1.165, 1.54) is 12.0 Å². The summed E-state index contributed by atoms with van der Waals surface area (Å²) >= 11 is 0. The molecule has 4 aromatic rings. The van der Waals surface area contributed by atoms with Gasteiger partial charge in [0.15, 0.2) is 0 Å². The second-order valence-electron chi connectivity index (χ2n) is 8.81. The summed E-state index contributed by atoms with van der Waals surface area (Å²) in [5.74, 6) is 2.19. The summed E-state index contributed by atoms with van der Waals surface area (Å²) in [6, 6.07) is 19.1. The third kappa shape index (κ3) is 3.47. The minimum atomic E-state index is -0.174. The average molecular weight is 413 g/mol. The molecule has 6 nitrogen and oxygen atoms in total. The Bertz CT molecular complexity index is 1220. The lowest BCUT2D eigenvalue weighted by atomic mass is 9.72. The van der Waals surface area contributed by atoms with Gasteiger partial charge in [0, 0.05) is 17.1 Å². The molecule has 1 aliphatic carbocycles. The molecule has 1 saturated carbocycles. The van der Waals surface area contributed by atoms with E-state index in [-0.39, 0.29) is 11.6 Å². The Morgan fingerprint density at radius 3 is 2.29 bits per heavy atom. The van der Waals surface area contributed by atoms with E-state index in [1.54, 1.807) is 0 Å². The van der Waals surface area contributed by atoms with Gasteiger partial charge in [-0.15, -0.1) is 5.10 Å². The number of nitrogens with one attached hydrogen (secondary N) is 1. The summed E-state index contributed by atoms with van der Waals surface area (Å²) in [7, 11) is 0. The number of anilines is 1. The number of nitrogens with two attached hydrogens (primary N) is 1. The smallest absolute Gasteiger partial charge is 0.254 e. The monoisotopic (exact) mass is 412 g/mol. The maximum atomic E-state index is 6.54. The number of nitrogens with zero attached hydrogens (tertiary/aromatic N) is 4. The maximum absolute atomic E-state index is 6.54. The number of aromatic nitrogens is 4. The van der Waals surface area contributed by atoms with E-state index in [1.807, 2.05) is 29.6 Å². The highest BCUT2D eigenvalue weighted by molar-refractivity contribution is 5.89. The van der Waals surface area contributed by atoms with Gasteiger partial charge in [0.1, 0.15) is 11.6 Å². The number of aryl methyl sites for hydroxylation is 1. The first kappa shape index (κ1) is 19.7. The van der Waals surface area contributed by atoms with Gasteiger partial charge in [0.25, 0.3) is 5.78 Å². The number of hydrogen-bond acceptors (Lipinski definition) is 5. The number of fused-ring (bicyclic) bond motifs is 1. The third-order valence-electron chi connectivity index (χ3n) is 6.06. The van der Waals surface area contributed by atoms with Crippen molar-refractivity contribution in [3.63, 3.8) is 0 Å². The van der Waals surface area contributed by atoms with Crippen molar-refractivity contribution in [3.05, 3.63) is 66.0 Å². The van der Waals surface area contributed by atoms with E-state index < -0.39 is 0 Å². The van der Waals surface area contributed by atoms with Crippen LogP contribution in [0.4, 0.5) is 5.82 Å². The zero-order chi connectivity index (χ0) is 21.6. The first-order valence-corrected chi connectivity index (χ1v) is 10.9. The highest BCUT2D eigenvalue weighted by Gasteiger charge is 2.34. The SMILES string of the molecule is Cc1nc2nc(-c3ccc(C4(N)CCC4)cc3)c(-c3ccccc3)c(NC(C)C)n2n1. The van der Waals surface area contributed by atoms with Gasteiger partial charge in [-0.25, -0.2) is 4.98 Å². The van der Waals surface area contributed by atoms with Crippen LogP contribution in [0.25, 0.3) is 28.2 Å². The molecule has 2 aromatic heterocycles. The van der Waals surface area contributed by atoms with Crippen LogP contribution in [0.1, 0.15) is 44.5 Å². The van der Waals surface area contributed by atoms with Crippen LogP contribution in [-0.2, 0) is 5.54 Å². The van der Waals surface area contributed by atoms with Gasteiger partial charge in [-0.05, 0) is 51.2 Å². The Morgan fingerprint density at radius 2 is 1.68 bits per heavy atom. The Kier molecular flexibility index (Phi) is 4.74. The molecule has 0 bridgehead atoms. The molecule has 5 rings (SSSR count). The second-order valence-corrected chi connectivity index (χ2v) is 8.81. The van der Waals surface area contributed by atoms with Gasteiger partial charge < -0.3 is 11.1 Å². The molecule has 0 radical (unpaired) electrons. The summed E-state index contributed by atoms with van der Waals surface area (Å²) in [6.07, 6.45) is 3.30. The van der Waals surface area contributed by atoms with Crippen LogP contribution in [0.2, 0.25) is 0 Å². The minimum Gasteiger partial charge on any atom is -0.367 e. The Morgan fingerprint density at radius 1 is 0.968 bits per heavy atom. The van der Waals surface area contributed by atoms with Crippen molar-refractivity contribution in [2.45, 2.75) is 51.6 Å². The molecule has 1 aliphatic rings. The molecule has 3 N–H and O–H groups in total. The van der Waals surface area contributed by atoms with E-state index >= 15 is 0 Å². The van der Waals surface area contributed by atoms with E-state index in [0.29, 0.717) is 11.6 Å². The number of hydrogen-bond donors (Lipinski definition) is 2. The first-order chi connectivity index (χ1) is 14.9. The van der Waals surface area contributed by atoms with Gasteiger partial charge in [-0.3, -0.25) is 0 Å². The Hall–Kier alpha value is -3.25. The summed E-state index contributed by atoms with van der Waals surface area (Å²) in [4.78, 5) is 9.52. The molecule has 0 amide bonds. The fourth-order valence-corrected chi connectivity index (χ4v) is 4.30. The second kappa shape index (κ2) is 7.46. The molecule has 0 unspecified atom stereocenters. The third-order valence-corrected chi connectivity index (χ3v) is 6.06. The van der Waals surface area contributed by atoms with Crippen LogP contribution < -0.4 is 11.1 Å². The standard InChI is InChI=1S/C25H28N6/c1-16(2)27-23-21(18-8-5-4-6-9-18)22(29-24-28-17(3)30-31(23)24)19-10-12-20(13-11-19)25(26)14-7-15-25/h4-6,8-13,16,27H,7,14-15,26H2,1-3H3. The Labute approximate surface area is 182 Å². The van der Waals surface area contributed by atoms with E-state index in [9.17, 15) is 0 Å². The summed E-state index contributed by atoms with van der Waals surface area (Å²) in [5.41, 5.74) is 11.6. The van der Waals surface area contributed by atoms with Crippen LogP contribution >= 0.6 is 0 Å². The topological polar surface area (TPSA) is 81.1 Å². The van der Waals surface area contributed by atoms with Crippen LogP contribution in [0.3, 0.4) is 0 Å². The van der Waals surface area contributed by atoms with Crippen LogP contribution in [0, 0.1) is 6.92 Å². The number of rotatable bonds is 5. The van der Waals surface area contributed by atoms with E-state index in [0.717, 1.165) is 41.0 Å². The fourth-order valence-electron chi connectivity index (χ4n) is 4.30. The minimum absolute atomic E-state index is 0.174. The van der Waals surface area contributed by atoms with Gasteiger partial charge in [-0.2, -0.15) is 9.50 Å². The molecule has 1 fully saturated rings. The lowest BCUT2D eigenvalue weighted by Gasteiger charge is -2.38. The van der Waals surface area contributed by atoms with Crippen molar-refractivity contribution >= 4 is 11.6 Å². The van der Waals surface area contributed by atoms with Gasteiger partial charge in [0.2, 0.25) is 0 Å². The molecule has 0 spiro atoms. The zero-order valence-electron chi connectivity index (χ0n) is 18.3. The quantitative estimate of drug-likeness (QED) is 0.486. The molecular formula is C25H28N6. The van der Waals surface area contributed by atoms with Crippen molar-refractivity contribution in [1.82, 2.24) is 19.6 Å². The average Bonchev–Trinajstić information content (AvgIpc) is 3.12. The zero-order valence-corrected chi connectivity index (χ0v) is 18.3. The normalized spacial score (nSPS) is 15.3. The maximum Gasteiger partial charge on any atom is 0.254 e. The molecule has 2 aromatic carbocycles. The highest BCUT2D eigenvalue weighted by atomic mass is 15.4. The van der Waals surface area contributed by atoms with Crippen LogP contribution in [0.15, 0.2) is 54.6 Å². The van der Waals surface area contributed by atoms with Crippen LogP contribution in [0.5, 0.6) is 0 Å². The highest BCUT2D eigenvalue weighted by Crippen LogP contribution is 2.41. The molecule has 158 valence electrons. The molecule has 31 heavy (non-hydrogen) atoms. The lowest BCUT2D eigenvalue weighted by Crippen LogP contribution is -2.43. The van der Waals surface area contributed by atoms with Crippen molar-refractivity contribution in [1.29, 1.82) is 0 Å². The first-order valence-electron chi connectivity index (χ1n) is 10.9. The van der Waals surface area contributed by atoms with Crippen molar-refractivity contribution < 1.29 is 0 Å². The van der Waals surface area contributed by atoms with E-state index in [2.05, 4.69) is 65.6 Å². The molecule has 0 saturated heterocycles. The lowest BCUT2D eigenvalue weighted by molar-refractivity contribution is 0.253.